The topological polar surface area (TPSA) is 90.0 Å². The minimum absolute atomic E-state index is 0.0731. The number of amides is 2. The van der Waals surface area contributed by atoms with Crippen molar-refractivity contribution in [2.75, 3.05) is 24.9 Å². The predicted molar refractivity (Wildman–Crippen MR) is 143 cm³/mol. The molecule has 37 heavy (non-hydrogen) atoms. The van der Waals surface area contributed by atoms with E-state index in [-0.39, 0.29) is 24.2 Å². The number of anilines is 1. The minimum Gasteiger partial charge on any atom is -0.352 e. The number of nitrogens with one attached hydrogen (secondary N) is 1. The summed E-state index contributed by atoms with van der Waals surface area (Å²) in [5.41, 5.74) is 1.96. The molecule has 2 amide bonds. The van der Waals surface area contributed by atoms with E-state index in [1.807, 2.05) is 31.2 Å². The van der Waals surface area contributed by atoms with Crippen LogP contribution in [-0.2, 0) is 26.3 Å². The van der Waals surface area contributed by atoms with Crippen LogP contribution in [0.5, 0.6) is 0 Å². The van der Waals surface area contributed by atoms with Crippen LogP contribution in [0, 0.1) is 12.7 Å². The summed E-state index contributed by atoms with van der Waals surface area (Å²) in [7, 11) is -1.36. The molecular formula is C27H37FN4O4S. The van der Waals surface area contributed by atoms with Gasteiger partial charge in [-0.1, -0.05) is 43.5 Å². The molecule has 0 saturated heterocycles. The van der Waals surface area contributed by atoms with Crippen LogP contribution in [0.15, 0.2) is 48.5 Å². The van der Waals surface area contributed by atoms with Crippen molar-refractivity contribution in [2.24, 2.45) is 0 Å². The molecule has 8 nitrogen and oxygen atoms in total. The second-order valence-electron chi connectivity index (χ2n) is 9.74. The number of carbonyl (C=O) groups is 2. The number of carbonyl (C=O) groups excluding carboxylic acids is 2. The Morgan fingerprint density at radius 3 is 2.24 bits per heavy atom. The van der Waals surface area contributed by atoms with Crippen molar-refractivity contribution < 1.29 is 22.4 Å². The molecule has 0 aliphatic heterocycles. The molecular weight excluding hydrogens is 495 g/mol. The summed E-state index contributed by atoms with van der Waals surface area (Å²) in [6.45, 7) is 3.19. The van der Waals surface area contributed by atoms with Crippen LogP contribution in [-0.4, -0.2) is 62.2 Å². The summed E-state index contributed by atoms with van der Waals surface area (Å²) in [5, 5.41) is 3.08. The number of rotatable bonds is 10. The first-order valence-electron chi connectivity index (χ1n) is 12.6. The van der Waals surface area contributed by atoms with E-state index < -0.39 is 34.5 Å². The van der Waals surface area contributed by atoms with E-state index in [1.165, 1.54) is 31.1 Å². The fourth-order valence-corrected chi connectivity index (χ4v) is 5.50. The predicted octanol–water partition coefficient (Wildman–Crippen LogP) is 3.61. The zero-order valence-corrected chi connectivity index (χ0v) is 22.8. The third-order valence-electron chi connectivity index (χ3n) is 6.85. The second-order valence-corrected chi connectivity index (χ2v) is 11.8. The van der Waals surface area contributed by atoms with Crippen LogP contribution in [0.2, 0.25) is 0 Å². The lowest BCUT2D eigenvalue weighted by Gasteiger charge is -2.34. The lowest BCUT2D eigenvalue weighted by molar-refractivity contribution is -0.139. The molecule has 3 rings (SSSR count). The average molecular weight is 533 g/mol. The van der Waals surface area contributed by atoms with Gasteiger partial charge in [-0.2, -0.15) is 12.7 Å². The summed E-state index contributed by atoms with van der Waals surface area (Å²) in [6.07, 6.45) is 5.08. The maximum atomic E-state index is 13.8. The van der Waals surface area contributed by atoms with Crippen molar-refractivity contribution in [3.8, 4) is 0 Å². The number of hydrogen-bond donors (Lipinski definition) is 1. The number of aryl methyl sites for hydroxylation is 1. The van der Waals surface area contributed by atoms with Crippen LogP contribution in [0.3, 0.4) is 0 Å². The van der Waals surface area contributed by atoms with E-state index in [0.29, 0.717) is 0 Å². The van der Waals surface area contributed by atoms with Gasteiger partial charge in [-0.05, 0) is 62.1 Å². The van der Waals surface area contributed by atoms with Crippen LogP contribution >= 0.6 is 0 Å². The number of benzene rings is 2. The lowest BCUT2D eigenvalue weighted by atomic mass is 9.95. The highest BCUT2D eigenvalue weighted by atomic mass is 32.2. The Morgan fingerprint density at radius 1 is 1.03 bits per heavy atom. The third kappa shape index (κ3) is 7.29. The summed E-state index contributed by atoms with van der Waals surface area (Å²) >= 11 is 0. The van der Waals surface area contributed by atoms with Gasteiger partial charge < -0.3 is 10.2 Å². The molecule has 0 heterocycles. The summed E-state index contributed by atoms with van der Waals surface area (Å²) in [4.78, 5) is 28.4. The normalized spacial score (nSPS) is 15.3. The first-order valence-corrected chi connectivity index (χ1v) is 14.0. The first kappa shape index (κ1) is 28.6. The molecule has 0 bridgehead atoms. The molecule has 2 aromatic carbocycles. The van der Waals surface area contributed by atoms with Crippen molar-refractivity contribution in [2.45, 2.75) is 64.6 Å². The number of halogens is 1. The Balaban J connectivity index is 1.92. The van der Waals surface area contributed by atoms with Gasteiger partial charge in [0.05, 0.1) is 5.69 Å². The van der Waals surface area contributed by atoms with Gasteiger partial charge in [-0.25, -0.2) is 8.70 Å². The fraction of sp³-hybridized carbons (Fsp3) is 0.481. The van der Waals surface area contributed by atoms with Gasteiger partial charge in [-0.3, -0.25) is 9.59 Å². The van der Waals surface area contributed by atoms with E-state index in [1.54, 1.807) is 6.92 Å². The van der Waals surface area contributed by atoms with Crippen LogP contribution in [0.25, 0.3) is 0 Å². The zero-order valence-electron chi connectivity index (χ0n) is 22.0. The van der Waals surface area contributed by atoms with Gasteiger partial charge >= 0.3 is 10.2 Å². The van der Waals surface area contributed by atoms with Gasteiger partial charge in [0, 0.05) is 26.7 Å². The Bertz CT molecular complexity index is 1180. The van der Waals surface area contributed by atoms with Gasteiger partial charge in [0.25, 0.3) is 0 Å². The molecule has 1 N–H and O–H groups in total. The molecule has 0 unspecified atom stereocenters. The molecule has 0 aromatic heterocycles. The first-order chi connectivity index (χ1) is 17.5. The maximum absolute atomic E-state index is 13.8. The van der Waals surface area contributed by atoms with E-state index in [4.69, 9.17) is 0 Å². The molecule has 1 saturated carbocycles. The van der Waals surface area contributed by atoms with Crippen molar-refractivity contribution in [3.63, 3.8) is 0 Å². The Morgan fingerprint density at radius 2 is 1.65 bits per heavy atom. The monoisotopic (exact) mass is 532 g/mol. The maximum Gasteiger partial charge on any atom is 0.304 e. The van der Waals surface area contributed by atoms with Crippen molar-refractivity contribution in [1.29, 1.82) is 0 Å². The molecule has 1 aliphatic carbocycles. The third-order valence-corrected chi connectivity index (χ3v) is 8.67. The largest absolute Gasteiger partial charge is 0.352 e. The molecule has 1 fully saturated rings. The fourth-order valence-electron chi connectivity index (χ4n) is 4.45. The van der Waals surface area contributed by atoms with Crippen LogP contribution in [0.1, 0.15) is 50.2 Å². The Hall–Kier alpha value is -2.98. The van der Waals surface area contributed by atoms with Gasteiger partial charge in [0.15, 0.2) is 0 Å². The molecule has 2 aromatic rings. The SMILES string of the molecule is Cc1ccccc1CN(C(=O)CN(c1ccc(F)cc1)S(=O)(=O)N(C)C)[C@@H](C)C(=O)NC1CCCCC1. The Labute approximate surface area is 219 Å². The molecule has 1 aliphatic rings. The molecule has 1 atom stereocenters. The lowest BCUT2D eigenvalue weighted by Crippen LogP contribution is -2.53. The zero-order chi connectivity index (χ0) is 27.2. The molecule has 0 spiro atoms. The van der Waals surface area contributed by atoms with Crippen molar-refractivity contribution in [3.05, 3.63) is 65.5 Å². The highest BCUT2D eigenvalue weighted by Crippen LogP contribution is 2.22. The number of nitrogens with zero attached hydrogens (tertiary/aromatic N) is 3. The van der Waals surface area contributed by atoms with Crippen LogP contribution in [0.4, 0.5) is 10.1 Å². The summed E-state index contributed by atoms with van der Waals surface area (Å²) in [5.74, 6) is -1.33. The molecule has 0 radical (unpaired) electrons. The Kier molecular flexibility index (Phi) is 9.67. The van der Waals surface area contributed by atoms with Gasteiger partial charge in [0.1, 0.15) is 18.4 Å². The minimum atomic E-state index is -4.09. The van der Waals surface area contributed by atoms with Crippen molar-refractivity contribution >= 4 is 27.7 Å². The van der Waals surface area contributed by atoms with E-state index in [2.05, 4.69) is 5.32 Å². The van der Waals surface area contributed by atoms with Crippen molar-refractivity contribution in [1.82, 2.24) is 14.5 Å². The number of hydrogen-bond acceptors (Lipinski definition) is 4. The van der Waals surface area contributed by atoms with Gasteiger partial charge in [0.2, 0.25) is 11.8 Å². The van der Waals surface area contributed by atoms with Gasteiger partial charge in [-0.15, -0.1) is 0 Å². The standard InChI is InChI=1S/C27H37FN4O4S/c1-20-10-8-9-11-22(20)18-31(21(2)27(34)29-24-12-6-5-7-13-24)26(33)19-32(37(35,36)30(3)4)25-16-14-23(28)15-17-25/h8-11,14-17,21,24H,5-7,12-13,18-19H2,1-4H3,(H,29,34)/t21-/m0/s1. The second kappa shape index (κ2) is 12.5. The smallest absolute Gasteiger partial charge is 0.304 e. The quantitative estimate of drug-likeness (QED) is 0.506. The highest BCUT2D eigenvalue weighted by Gasteiger charge is 2.33. The molecule has 202 valence electrons. The highest BCUT2D eigenvalue weighted by molar-refractivity contribution is 7.90. The molecule has 10 heteroatoms. The van der Waals surface area contributed by atoms with Crippen LogP contribution < -0.4 is 9.62 Å². The summed E-state index contributed by atoms with van der Waals surface area (Å²) < 4.78 is 41.8. The van der Waals surface area contributed by atoms with E-state index in [0.717, 1.165) is 64.0 Å². The average Bonchev–Trinajstić information content (AvgIpc) is 2.87. The summed E-state index contributed by atoms with van der Waals surface area (Å²) in [6, 6.07) is 11.7. The van der Waals surface area contributed by atoms with E-state index in [9.17, 15) is 22.4 Å². The van der Waals surface area contributed by atoms with E-state index >= 15 is 0 Å².